The molecule has 0 unspecified atom stereocenters. The third-order valence-corrected chi connectivity index (χ3v) is 4.20. The summed E-state index contributed by atoms with van der Waals surface area (Å²) in [6.07, 6.45) is 2.62. The van der Waals surface area contributed by atoms with Crippen LogP contribution in [0.3, 0.4) is 0 Å². The molecule has 2 N–H and O–H groups in total. The van der Waals surface area contributed by atoms with Crippen LogP contribution in [0, 0.1) is 6.92 Å². The molecule has 0 aromatic heterocycles. The maximum absolute atomic E-state index is 12.0. The van der Waals surface area contributed by atoms with Gasteiger partial charge >= 0.3 is 5.97 Å². The number of amides is 1. The number of ketones is 1. The Morgan fingerprint density at radius 2 is 1.68 bits per heavy atom. The highest BCUT2D eigenvalue weighted by atomic mass is 16.4. The first-order valence-electron chi connectivity index (χ1n) is 7.57. The van der Waals surface area contributed by atoms with Crippen molar-refractivity contribution in [1.29, 1.82) is 0 Å². The van der Waals surface area contributed by atoms with Gasteiger partial charge in [-0.25, -0.2) is 4.79 Å². The smallest absolute Gasteiger partial charge is 0.329 e. The maximum Gasteiger partial charge on any atom is 0.329 e. The van der Waals surface area contributed by atoms with Gasteiger partial charge in [-0.3, -0.25) is 9.59 Å². The van der Waals surface area contributed by atoms with Gasteiger partial charge in [-0.05, 0) is 19.8 Å². The Balaban J connectivity index is 1.88. The minimum absolute atomic E-state index is 0.0156. The lowest BCUT2D eigenvalue weighted by atomic mass is 9.97. The summed E-state index contributed by atoms with van der Waals surface area (Å²) < 4.78 is 0. The van der Waals surface area contributed by atoms with Crippen molar-refractivity contribution < 1.29 is 19.5 Å². The number of carbonyl (C=O) groups is 3. The van der Waals surface area contributed by atoms with E-state index in [1.54, 1.807) is 12.1 Å². The monoisotopic (exact) mass is 303 g/mol. The summed E-state index contributed by atoms with van der Waals surface area (Å²) in [4.78, 5) is 35.4. The Labute approximate surface area is 129 Å². The first-order chi connectivity index (χ1) is 10.4. The van der Waals surface area contributed by atoms with E-state index in [0.717, 1.165) is 18.4 Å². The minimum Gasteiger partial charge on any atom is -0.480 e. The van der Waals surface area contributed by atoms with Gasteiger partial charge in [-0.15, -0.1) is 0 Å². The zero-order valence-electron chi connectivity index (χ0n) is 12.7. The standard InChI is InChI=1S/C17H21NO4/c1-12-4-6-13(7-5-12)14(19)8-9-15(20)18-17(16(21)22)10-2-3-11-17/h4-7H,2-3,8-11H2,1H3,(H,18,20)(H,21,22). The summed E-state index contributed by atoms with van der Waals surface area (Å²) >= 11 is 0. The van der Waals surface area contributed by atoms with Crippen LogP contribution in [0.15, 0.2) is 24.3 Å². The first-order valence-corrected chi connectivity index (χ1v) is 7.57. The summed E-state index contributed by atoms with van der Waals surface area (Å²) in [6.45, 7) is 1.94. The Hall–Kier alpha value is -2.17. The first kappa shape index (κ1) is 16.2. The van der Waals surface area contributed by atoms with Crippen LogP contribution >= 0.6 is 0 Å². The highest BCUT2D eigenvalue weighted by Crippen LogP contribution is 2.30. The minimum atomic E-state index is -1.13. The summed E-state index contributed by atoms with van der Waals surface area (Å²) in [5.74, 6) is -1.46. The van der Waals surface area contributed by atoms with Crippen molar-refractivity contribution in [1.82, 2.24) is 5.32 Å². The lowest BCUT2D eigenvalue weighted by molar-refractivity contribution is -0.147. The predicted molar refractivity (Wildman–Crippen MR) is 81.7 cm³/mol. The Morgan fingerprint density at radius 1 is 1.09 bits per heavy atom. The van der Waals surface area contributed by atoms with Crippen LogP contribution < -0.4 is 5.32 Å². The molecule has 1 aliphatic rings. The fourth-order valence-corrected chi connectivity index (χ4v) is 2.81. The molecule has 22 heavy (non-hydrogen) atoms. The molecule has 0 aliphatic heterocycles. The number of hydrogen-bond acceptors (Lipinski definition) is 3. The van der Waals surface area contributed by atoms with Gasteiger partial charge in [-0.1, -0.05) is 42.7 Å². The molecule has 118 valence electrons. The van der Waals surface area contributed by atoms with Crippen LogP contribution in [0.4, 0.5) is 0 Å². The summed E-state index contributed by atoms with van der Waals surface area (Å²) in [7, 11) is 0. The number of carbonyl (C=O) groups excluding carboxylic acids is 2. The fourth-order valence-electron chi connectivity index (χ4n) is 2.81. The normalized spacial score (nSPS) is 16.2. The molecule has 0 radical (unpaired) electrons. The number of rotatable bonds is 6. The molecule has 0 saturated heterocycles. The van der Waals surface area contributed by atoms with E-state index < -0.39 is 11.5 Å². The molecular weight excluding hydrogens is 282 g/mol. The van der Waals surface area contributed by atoms with Crippen LogP contribution in [0.5, 0.6) is 0 Å². The number of hydrogen-bond donors (Lipinski definition) is 2. The van der Waals surface area contributed by atoms with Gasteiger partial charge in [0.15, 0.2) is 5.78 Å². The zero-order valence-corrected chi connectivity index (χ0v) is 12.7. The lowest BCUT2D eigenvalue weighted by Crippen LogP contribution is -2.52. The number of aryl methyl sites for hydroxylation is 1. The molecule has 1 amide bonds. The highest BCUT2D eigenvalue weighted by molar-refractivity contribution is 5.98. The van der Waals surface area contributed by atoms with Crippen molar-refractivity contribution in [3.8, 4) is 0 Å². The van der Waals surface area contributed by atoms with E-state index in [-0.39, 0.29) is 24.5 Å². The van der Waals surface area contributed by atoms with Crippen LogP contribution in [0.1, 0.15) is 54.4 Å². The average molecular weight is 303 g/mol. The van der Waals surface area contributed by atoms with Crippen molar-refractivity contribution in [2.75, 3.05) is 0 Å². The highest BCUT2D eigenvalue weighted by Gasteiger charge is 2.42. The molecule has 0 bridgehead atoms. The summed E-state index contributed by atoms with van der Waals surface area (Å²) in [6, 6.07) is 7.19. The van der Waals surface area contributed by atoms with E-state index in [0.29, 0.717) is 18.4 Å². The number of Topliss-reactive ketones (excluding diaryl/α,β-unsaturated/α-hetero) is 1. The van der Waals surface area contributed by atoms with Crippen molar-refractivity contribution in [3.05, 3.63) is 35.4 Å². The van der Waals surface area contributed by atoms with Crippen molar-refractivity contribution in [2.45, 2.75) is 51.0 Å². The molecule has 1 saturated carbocycles. The van der Waals surface area contributed by atoms with E-state index in [9.17, 15) is 19.5 Å². The van der Waals surface area contributed by atoms with Crippen molar-refractivity contribution in [3.63, 3.8) is 0 Å². The molecule has 0 atom stereocenters. The van der Waals surface area contributed by atoms with E-state index in [4.69, 9.17) is 0 Å². The van der Waals surface area contributed by atoms with E-state index >= 15 is 0 Å². The number of benzene rings is 1. The average Bonchev–Trinajstić information content (AvgIpc) is 2.95. The molecule has 1 aromatic rings. The largest absolute Gasteiger partial charge is 0.480 e. The zero-order chi connectivity index (χ0) is 16.2. The third-order valence-electron chi connectivity index (χ3n) is 4.20. The number of carboxylic acid groups (broad SMARTS) is 1. The second-order valence-electron chi connectivity index (χ2n) is 5.93. The van der Waals surface area contributed by atoms with E-state index in [2.05, 4.69) is 5.32 Å². The Morgan fingerprint density at radius 3 is 2.23 bits per heavy atom. The second kappa shape index (κ2) is 6.73. The SMILES string of the molecule is Cc1ccc(C(=O)CCC(=O)NC2(C(=O)O)CCCC2)cc1. The predicted octanol–water partition coefficient (Wildman–Crippen LogP) is 2.47. The van der Waals surface area contributed by atoms with Crippen LogP contribution in [0.2, 0.25) is 0 Å². The molecule has 5 nitrogen and oxygen atoms in total. The molecule has 1 aliphatic carbocycles. The number of nitrogens with one attached hydrogen (secondary N) is 1. The van der Waals surface area contributed by atoms with Crippen molar-refractivity contribution >= 4 is 17.7 Å². The van der Waals surface area contributed by atoms with Gasteiger partial charge < -0.3 is 10.4 Å². The van der Waals surface area contributed by atoms with Gasteiger partial charge in [0, 0.05) is 18.4 Å². The van der Waals surface area contributed by atoms with Gasteiger partial charge in [0.25, 0.3) is 0 Å². The molecule has 1 fully saturated rings. The molecule has 0 heterocycles. The van der Waals surface area contributed by atoms with Gasteiger partial charge in [0.05, 0.1) is 0 Å². The van der Waals surface area contributed by atoms with Crippen molar-refractivity contribution in [2.24, 2.45) is 0 Å². The quantitative estimate of drug-likeness (QED) is 0.791. The van der Waals surface area contributed by atoms with Crippen LogP contribution in [0.25, 0.3) is 0 Å². The summed E-state index contributed by atoms with van der Waals surface area (Å²) in [5.41, 5.74) is 0.510. The van der Waals surface area contributed by atoms with E-state index in [1.165, 1.54) is 0 Å². The molecule has 1 aromatic carbocycles. The Kier molecular flexibility index (Phi) is 4.96. The third kappa shape index (κ3) is 3.72. The number of aliphatic carboxylic acids is 1. The topological polar surface area (TPSA) is 83.5 Å². The second-order valence-corrected chi connectivity index (χ2v) is 5.93. The number of carboxylic acids is 1. The molecule has 0 spiro atoms. The van der Waals surface area contributed by atoms with E-state index in [1.807, 2.05) is 19.1 Å². The summed E-state index contributed by atoms with van der Waals surface area (Å²) in [5, 5.41) is 11.9. The van der Waals surface area contributed by atoms with Crippen LogP contribution in [-0.2, 0) is 9.59 Å². The maximum atomic E-state index is 12.0. The van der Waals surface area contributed by atoms with Crippen LogP contribution in [-0.4, -0.2) is 28.3 Å². The van der Waals surface area contributed by atoms with Gasteiger partial charge in [0.1, 0.15) is 5.54 Å². The molecular formula is C17H21NO4. The molecule has 5 heteroatoms. The van der Waals surface area contributed by atoms with Gasteiger partial charge in [-0.2, -0.15) is 0 Å². The lowest BCUT2D eigenvalue weighted by Gasteiger charge is -2.25. The molecule has 2 rings (SSSR count). The Bertz CT molecular complexity index is 571. The fraction of sp³-hybridized carbons (Fsp3) is 0.471. The van der Waals surface area contributed by atoms with Gasteiger partial charge in [0.2, 0.25) is 5.91 Å².